The molecule has 0 aliphatic heterocycles. The summed E-state index contributed by atoms with van der Waals surface area (Å²) in [6.07, 6.45) is 0.735. The second-order valence-electron chi connectivity index (χ2n) is 7.21. The van der Waals surface area contributed by atoms with Gasteiger partial charge < -0.3 is 0 Å². The van der Waals surface area contributed by atoms with E-state index in [1.54, 1.807) is 16.2 Å². The Hall–Kier alpha value is -2.27. The smallest absolute Gasteiger partial charge is 0.290 e. The summed E-state index contributed by atoms with van der Waals surface area (Å²) in [5, 5.41) is 3.57. The summed E-state index contributed by atoms with van der Waals surface area (Å²) in [4.78, 5) is 19.9. The second kappa shape index (κ2) is 6.46. The standard InChI is InChI=1S/C16H24N6O/c1-11(8-9-18-20-17)12-6-7-13-14(19-12)21(5)15(23)22(13)10-16(2,3)4/h6-7,11H,8-10H2,1-5H3/t11-/m0/s1. The van der Waals surface area contributed by atoms with Gasteiger partial charge in [0.25, 0.3) is 0 Å². The van der Waals surface area contributed by atoms with Crippen LogP contribution in [-0.4, -0.2) is 20.7 Å². The molecule has 0 saturated heterocycles. The number of pyridine rings is 1. The fraction of sp³-hybridized carbons (Fsp3) is 0.625. The predicted octanol–water partition coefficient (Wildman–Crippen LogP) is 3.59. The van der Waals surface area contributed by atoms with Crippen LogP contribution in [0.2, 0.25) is 0 Å². The van der Waals surface area contributed by atoms with Gasteiger partial charge in [0.1, 0.15) is 0 Å². The number of azide groups is 1. The first-order valence-corrected chi connectivity index (χ1v) is 7.81. The molecule has 0 aliphatic rings. The van der Waals surface area contributed by atoms with Crippen LogP contribution in [-0.2, 0) is 13.6 Å². The molecule has 0 aromatic carbocycles. The SMILES string of the molecule is C[C@@H](CCN=[N+]=[N-])c1ccc2c(n1)n(C)c(=O)n2CC(C)(C)C. The third-order valence-corrected chi connectivity index (χ3v) is 3.87. The minimum absolute atomic E-state index is 0.0133. The summed E-state index contributed by atoms with van der Waals surface area (Å²) < 4.78 is 3.39. The normalized spacial score (nSPS) is 13.1. The molecule has 0 N–H and O–H groups in total. The van der Waals surface area contributed by atoms with E-state index in [9.17, 15) is 4.79 Å². The van der Waals surface area contributed by atoms with Gasteiger partial charge in [0.2, 0.25) is 0 Å². The van der Waals surface area contributed by atoms with Crippen LogP contribution in [0.15, 0.2) is 22.0 Å². The quantitative estimate of drug-likeness (QED) is 0.479. The molecule has 0 aliphatic carbocycles. The fourth-order valence-corrected chi connectivity index (χ4v) is 2.63. The lowest BCUT2D eigenvalue weighted by Crippen LogP contribution is -2.27. The van der Waals surface area contributed by atoms with Crippen molar-refractivity contribution in [1.82, 2.24) is 14.1 Å². The molecular formula is C16H24N6O. The average molecular weight is 316 g/mol. The number of imidazole rings is 1. The molecule has 124 valence electrons. The van der Waals surface area contributed by atoms with Crippen LogP contribution in [0.4, 0.5) is 0 Å². The monoisotopic (exact) mass is 316 g/mol. The van der Waals surface area contributed by atoms with Gasteiger partial charge in [-0.3, -0.25) is 9.13 Å². The Morgan fingerprint density at radius 2 is 2.09 bits per heavy atom. The van der Waals surface area contributed by atoms with Crippen molar-refractivity contribution in [1.29, 1.82) is 0 Å². The second-order valence-corrected chi connectivity index (χ2v) is 7.21. The summed E-state index contributed by atoms with van der Waals surface area (Å²) in [5.74, 6) is 0.172. The molecule has 2 rings (SSSR count). The summed E-state index contributed by atoms with van der Waals surface area (Å²) >= 11 is 0. The van der Waals surface area contributed by atoms with E-state index in [2.05, 4.69) is 35.8 Å². The van der Waals surface area contributed by atoms with E-state index in [4.69, 9.17) is 5.53 Å². The van der Waals surface area contributed by atoms with Crippen molar-refractivity contribution in [3.63, 3.8) is 0 Å². The number of nitrogens with zero attached hydrogens (tertiary/aromatic N) is 6. The minimum Gasteiger partial charge on any atom is -0.290 e. The summed E-state index contributed by atoms with van der Waals surface area (Å²) in [6, 6.07) is 3.93. The lowest BCUT2D eigenvalue weighted by molar-refractivity contribution is 0.342. The fourth-order valence-electron chi connectivity index (χ4n) is 2.63. The number of rotatable bonds is 5. The molecule has 0 spiro atoms. The van der Waals surface area contributed by atoms with Crippen LogP contribution in [0.25, 0.3) is 21.6 Å². The van der Waals surface area contributed by atoms with E-state index >= 15 is 0 Å². The summed E-state index contributed by atoms with van der Waals surface area (Å²) in [6.45, 7) is 9.47. The van der Waals surface area contributed by atoms with Gasteiger partial charge in [-0.2, -0.15) is 0 Å². The summed E-state index contributed by atoms with van der Waals surface area (Å²) in [7, 11) is 1.76. The molecule has 0 radical (unpaired) electrons. The third-order valence-electron chi connectivity index (χ3n) is 3.87. The minimum atomic E-state index is -0.0405. The van der Waals surface area contributed by atoms with E-state index in [0.29, 0.717) is 18.7 Å². The maximum atomic E-state index is 12.5. The van der Waals surface area contributed by atoms with Crippen LogP contribution >= 0.6 is 0 Å². The van der Waals surface area contributed by atoms with Crippen LogP contribution in [0.5, 0.6) is 0 Å². The Balaban J connectivity index is 2.43. The third kappa shape index (κ3) is 3.74. The first-order chi connectivity index (χ1) is 10.7. The van der Waals surface area contributed by atoms with Crippen molar-refractivity contribution in [2.45, 2.75) is 46.6 Å². The van der Waals surface area contributed by atoms with Crippen LogP contribution in [0.1, 0.15) is 45.7 Å². The Morgan fingerprint density at radius 3 is 2.70 bits per heavy atom. The van der Waals surface area contributed by atoms with E-state index < -0.39 is 0 Å². The van der Waals surface area contributed by atoms with E-state index in [-0.39, 0.29) is 17.0 Å². The number of hydrogen-bond donors (Lipinski definition) is 0. The van der Waals surface area contributed by atoms with E-state index in [1.807, 2.05) is 19.1 Å². The number of hydrogen-bond acceptors (Lipinski definition) is 3. The zero-order chi connectivity index (χ0) is 17.2. The molecule has 2 heterocycles. The van der Waals surface area contributed by atoms with Crippen molar-refractivity contribution < 1.29 is 0 Å². The largest absolute Gasteiger partial charge is 0.330 e. The average Bonchev–Trinajstić information content (AvgIpc) is 2.71. The van der Waals surface area contributed by atoms with Gasteiger partial charge in [0, 0.05) is 30.7 Å². The highest BCUT2D eigenvalue weighted by molar-refractivity contribution is 5.71. The van der Waals surface area contributed by atoms with Crippen LogP contribution in [0, 0.1) is 5.41 Å². The van der Waals surface area contributed by atoms with Gasteiger partial charge in [0.15, 0.2) is 5.65 Å². The van der Waals surface area contributed by atoms with Crippen molar-refractivity contribution in [3.05, 3.63) is 38.8 Å². The Morgan fingerprint density at radius 1 is 1.39 bits per heavy atom. The Kier molecular flexibility index (Phi) is 4.80. The first kappa shape index (κ1) is 17.1. The van der Waals surface area contributed by atoms with Gasteiger partial charge in [0.05, 0.1) is 5.52 Å². The van der Waals surface area contributed by atoms with E-state index in [1.165, 1.54) is 0 Å². The van der Waals surface area contributed by atoms with Gasteiger partial charge in [-0.1, -0.05) is 32.8 Å². The molecule has 0 fully saturated rings. The molecule has 2 aromatic heterocycles. The van der Waals surface area contributed by atoms with Crippen LogP contribution < -0.4 is 5.69 Å². The number of aromatic nitrogens is 3. The zero-order valence-corrected chi connectivity index (χ0v) is 14.4. The molecule has 0 saturated carbocycles. The first-order valence-electron chi connectivity index (χ1n) is 7.81. The van der Waals surface area contributed by atoms with Gasteiger partial charge in [-0.05, 0) is 35.4 Å². The molecule has 7 nitrogen and oxygen atoms in total. The van der Waals surface area contributed by atoms with Gasteiger partial charge in [-0.25, -0.2) is 9.78 Å². The summed E-state index contributed by atoms with van der Waals surface area (Å²) in [5.41, 5.74) is 10.8. The highest BCUT2D eigenvalue weighted by atomic mass is 16.1. The lowest BCUT2D eigenvalue weighted by Gasteiger charge is -2.18. The number of fused-ring (bicyclic) bond motifs is 1. The molecule has 2 aromatic rings. The molecule has 1 atom stereocenters. The molecule has 0 bridgehead atoms. The highest BCUT2D eigenvalue weighted by Gasteiger charge is 2.19. The molecule has 7 heteroatoms. The Bertz CT molecular complexity index is 804. The molecule has 23 heavy (non-hydrogen) atoms. The lowest BCUT2D eigenvalue weighted by atomic mass is 9.97. The van der Waals surface area contributed by atoms with Crippen molar-refractivity contribution in [3.8, 4) is 0 Å². The molecular weight excluding hydrogens is 292 g/mol. The zero-order valence-electron chi connectivity index (χ0n) is 14.4. The predicted molar refractivity (Wildman–Crippen MR) is 91.5 cm³/mol. The number of aryl methyl sites for hydroxylation is 1. The van der Waals surface area contributed by atoms with Gasteiger partial charge >= 0.3 is 5.69 Å². The Labute approximate surface area is 135 Å². The van der Waals surface area contributed by atoms with Crippen molar-refractivity contribution in [2.75, 3.05) is 6.54 Å². The maximum absolute atomic E-state index is 12.5. The highest BCUT2D eigenvalue weighted by Crippen LogP contribution is 2.22. The van der Waals surface area contributed by atoms with Gasteiger partial charge in [-0.15, -0.1) is 0 Å². The topological polar surface area (TPSA) is 88.6 Å². The van der Waals surface area contributed by atoms with Crippen LogP contribution in [0.3, 0.4) is 0 Å². The maximum Gasteiger partial charge on any atom is 0.330 e. The molecule has 0 unspecified atom stereocenters. The molecule has 0 amide bonds. The van der Waals surface area contributed by atoms with Crippen molar-refractivity contribution >= 4 is 11.2 Å². The van der Waals surface area contributed by atoms with E-state index in [0.717, 1.165) is 17.6 Å². The van der Waals surface area contributed by atoms with Crippen molar-refractivity contribution in [2.24, 2.45) is 17.6 Å².